The van der Waals surface area contributed by atoms with E-state index in [4.69, 9.17) is 4.74 Å². The number of aromatic nitrogens is 1. The van der Waals surface area contributed by atoms with Gasteiger partial charge in [-0.15, -0.1) is 11.3 Å². The summed E-state index contributed by atoms with van der Waals surface area (Å²) in [6, 6.07) is 12.6. The molecule has 0 radical (unpaired) electrons. The molecule has 2 aromatic carbocycles. The second-order valence-corrected chi connectivity index (χ2v) is 7.29. The Labute approximate surface area is 170 Å². The SMILES string of the molecule is CN(Cc1nc2ccccc2s1)C(=O)COC(=O)CNC(=O)c1ccc(F)cc1. The highest BCUT2D eigenvalue weighted by Gasteiger charge is 2.15. The molecule has 3 rings (SSSR count). The number of amides is 2. The Morgan fingerprint density at radius 2 is 1.86 bits per heavy atom. The number of halogens is 1. The van der Waals surface area contributed by atoms with Gasteiger partial charge in [-0.3, -0.25) is 14.4 Å². The number of fused-ring (bicyclic) bond motifs is 1. The van der Waals surface area contributed by atoms with Crippen molar-refractivity contribution in [1.29, 1.82) is 0 Å². The van der Waals surface area contributed by atoms with E-state index in [9.17, 15) is 18.8 Å². The minimum absolute atomic E-state index is 0.214. The summed E-state index contributed by atoms with van der Waals surface area (Å²) in [5.41, 5.74) is 1.09. The van der Waals surface area contributed by atoms with Crippen LogP contribution >= 0.6 is 11.3 Å². The highest BCUT2D eigenvalue weighted by Crippen LogP contribution is 2.22. The molecule has 9 heteroatoms. The Kier molecular flexibility index (Phi) is 6.50. The second kappa shape index (κ2) is 9.24. The maximum Gasteiger partial charge on any atom is 0.325 e. The van der Waals surface area contributed by atoms with Crippen LogP contribution in [0.3, 0.4) is 0 Å². The molecule has 1 heterocycles. The van der Waals surface area contributed by atoms with Crippen LogP contribution in [0.4, 0.5) is 4.39 Å². The number of esters is 1. The van der Waals surface area contributed by atoms with Gasteiger partial charge in [-0.2, -0.15) is 0 Å². The van der Waals surface area contributed by atoms with E-state index < -0.39 is 30.8 Å². The van der Waals surface area contributed by atoms with Crippen LogP contribution in [0.1, 0.15) is 15.4 Å². The Morgan fingerprint density at radius 1 is 1.14 bits per heavy atom. The quantitative estimate of drug-likeness (QED) is 0.599. The molecule has 29 heavy (non-hydrogen) atoms. The van der Waals surface area contributed by atoms with Crippen molar-refractivity contribution in [1.82, 2.24) is 15.2 Å². The van der Waals surface area contributed by atoms with Crippen LogP contribution in [0, 0.1) is 5.82 Å². The lowest BCUT2D eigenvalue weighted by atomic mass is 10.2. The Bertz CT molecular complexity index is 1000. The van der Waals surface area contributed by atoms with Crippen molar-refractivity contribution >= 4 is 39.3 Å². The summed E-state index contributed by atoms with van der Waals surface area (Å²) >= 11 is 1.49. The van der Waals surface area contributed by atoms with Crippen LogP contribution < -0.4 is 5.32 Å². The number of hydrogen-bond acceptors (Lipinski definition) is 6. The fourth-order valence-corrected chi connectivity index (χ4v) is 3.46. The fourth-order valence-electron chi connectivity index (χ4n) is 2.44. The van der Waals surface area contributed by atoms with Gasteiger partial charge in [0.05, 0.1) is 16.8 Å². The number of thiazole rings is 1. The summed E-state index contributed by atoms with van der Waals surface area (Å²) in [5, 5.41) is 3.13. The first-order chi connectivity index (χ1) is 13.9. The first-order valence-corrected chi connectivity index (χ1v) is 9.52. The molecule has 2 amide bonds. The van der Waals surface area contributed by atoms with E-state index in [0.717, 1.165) is 27.4 Å². The van der Waals surface area contributed by atoms with E-state index in [0.29, 0.717) is 6.54 Å². The molecule has 0 atom stereocenters. The number of nitrogens with zero attached hydrogens (tertiary/aromatic N) is 2. The third-order valence-electron chi connectivity index (χ3n) is 3.99. The molecule has 0 saturated carbocycles. The van der Waals surface area contributed by atoms with Crippen LogP contribution in [0.15, 0.2) is 48.5 Å². The number of carbonyl (C=O) groups is 3. The normalized spacial score (nSPS) is 10.6. The van der Waals surface area contributed by atoms with Crippen LogP contribution in [0.25, 0.3) is 10.2 Å². The predicted octanol–water partition coefficient (Wildman–Crippen LogP) is 2.37. The monoisotopic (exact) mass is 415 g/mol. The van der Waals surface area contributed by atoms with Crippen LogP contribution in [0.2, 0.25) is 0 Å². The summed E-state index contributed by atoms with van der Waals surface area (Å²) in [6.45, 7) is -0.533. The molecule has 0 fully saturated rings. The van der Waals surface area contributed by atoms with Crippen molar-refractivity contribution in [3.05, 3.63) is 64.9 Å². The zero-order valence-electron chi connectivity index (χ0n) is 15.6. The summed E-state index contributed by atoms with van der Waals surface area (Å²) < 4.78 is 18.8. The molecular formula is C20H18FN3O4S. The van der Waals surface area contributed by atoms with Gasteiger partial charge in [0.2, 0.25) is 0 Å². The number of benzene rings is 2. The third-order valence-corrected chi connectivity index (χ3v) is 5.01. The third kappa shape index (κ3) is 5.58. The van der Waals surface area contributed by atoms with E-state index in [1.807, 2.05) is 24.3 Å². The summed E-state index contributed by atoms with van der Waals surface area (Å²) in [5.74, 6) is -2.14. The number of rotatable bonds is 7. The summed E-state index contributed by atoms with van der Waals surface area (Å²) in [7, 11) is 1.60. The fraction of sp³-hybridized carbons (Fsp3) is 0.200. The van der Waals surface area contributed by atoms with Crippen molar-refractivity contribution < 1.29 is 23.5 Å². The van der Waals surface area contributed by atoms with E-state index in [1.165, 1.54) is 28.4 Å². The molecule has 1 aromatic heterocycles. The average Bonchev–Trinajstić information content (AvgIpc) is 3.12. The number of hydrogen-bond donors (Lipinski definition) is 1. The topological polar surface area (TPSA) is 88.6 Å². The van der Waals surface area contributed by atoms with Crippen LogP contribution in [0.5, 0.6) is 0 Å². The molecular weight excluding hydrogens is 397 g/mol. The smallest absolute Gasteiger partial charge is 0.325 e. The molecule has 0 bridgehead atoms. The van der Waals surface area contributed by atoms with Gasteiger partial charge in [0.25, 0.3) is 11.8 Å². The van der Waals surface area contributed by atoms with Gasteiger partial charge in [-0.1, -0.05) is 12.1 Å². The second-order valence-electron chi connectivity index (χ2n) is 6.18. The summed E-state index contributed by atoms with van der Waals surface area (Å²) in [4.78, 5) is 41.7. The number of nitrogens with one attached hydrogen (secondary N) is 1. The Hall–Kier alpha value is -3.33. The molecule has 0 aliphatic carbocycles. The lowest BCUT2D eigenvalue weighted by molar-refractivity contribution is -0.150. The molecule has 7 nitrogen and oxygen atoms in total. The van der Waals surface area contributed by atoms with Crippen molar-refractivity contribution in [3.8, 4) is 0 Å². The number of carbonyl (C=O) groups excluding carboxylic acids is 3. The molecule has 0 spiro atoms. The van der Waals surface area contributed by atoms with Crippen molar-refractivity contribution in [2.75, 3.05) is 20.2 Å². The van der Waals surface area contributed by atoms with Crippen molar-refractivity contribution in [3.63, 3.8) is 0 Å². The number of likely N-dealkylation sites (N-methyl/N-ethyl adjacent to an activating group) is 1. The van der Waals surface area contributed by atoms with Crippen molar-refractivity contribution in [2.24, 2.45) is 0 Å². The molecule has 1 N–H and O–H groups in total. The minimum Gasteiger partial charge on any atom is -0.454 e. The molecule has 0 aliphatic heterocycles. The molecule has 3 aromatic rings. The highest BCUT2D eigenvalue weighted by molar-refractivity contribution is 7.18. The van der Waals surface area contributed by atoms with Gasteiger partial charge in [0.15, 0.2) is 6.61 Å². The van der Waals surface area contributed by atoms with E-state index in [2.05, 4.69) is 10.3 Å². The molecule has 0 aliphatic rings. The van der Waals surface area contributed by atoms with E-state index >= 15 is 0 Å². The zero-order chi connectivity index (χ0) is 20.8. The molecule has 0 saturated heterocycles. The number of para-hydroxylation sites is 1. The van der Waals surface area contributed by atoms with Crippen LogP contribution in [-0.4, -0.2) is 47.9 Å². The first kappa shape index (κ1) is 20.4. The molecule has 150 valence electrons. The van der Waals surface area contributed by atoms with Crippen molar-refractivity contribution in [2.45, 2.75) is 6.54 Å². The van der Waals surface area contributed by atoms with Gasteiger partial charge in [-0.25, -0.2) is 9.37 Å². The van der Waals surface area contributed by atoms with E-state index in [1.54, 1.807) is 7.05 Å². The maximum absolute atomic E-state index is 12.9. The Balaban J connectivity index is 1.42. The zero-order valence-corrected chi connectivity index (χ0v) is 16.4. The van der Waals surface area contributed by atoms with Crippen LogP contribution in [-0.2, 0) is 20.9 Å². The standard InChI is InChI=1S/C20H18FN3O4S/c1-24(11-17-23-15-4-2-3-5-16(15)29-17)18(25)12-28-19(26)10-22-20(27)13-6-8-14(21)9-7-13/h2-9H,10-12H2,1H3,(H,22,27). The lowest BCUT2D eigenvalue weighted by Crippen LogP contribution is -2.34. The molecule has 0 unspecified atom stereocenters. The van der Waals surface area contributed by atoms with Gasteiger partial charge >= 0.3 is 5.97 Å². The minimum atomic E-state index is -0.748. The van der Waals surface area contributed by atoms with E-state index in [-0.39, 0.29) is 11.5 Å². The van der Waals surface area contributed by atoms with Gasteiger partial charge in [0.1, 0.15) is 17.4 Å². The number of ether oxygens (including phenoxy) is 1. The largest absolute Gasteiger partial charge is 0.454 e. The lowest BCUT2D eigenvalue weighted by Gasteiger charge is -2.15. The van der Waals surface area contributed by atoms with Gasteiger partial charge in [0, 0.05) is 12.6 Å². The van der Waals surface area contributed by atoms with Gasteiger partial charge < -0.3 is 15.0 Å². The van der Waals surface area contributed by atoms with Gasteiger partial charge in [-0.05, 0) is 36.4 Å². The highest BCUT2D eigenvalue weighted by atomic mass is 32.1. The maximum atomic E-state index is 12.9. The first-order valence-electron chi connectivity index (χ1n) is 8.70. The predicted molar refractivity (Wildman–Crippen MR) is 106 cm³/mol. The average molecular weight is 415 g/mol. The summed E-state index contributed by atoms with van der Waals surface area (Å²) in [6.07, 6.45) is 0. The Morgan fingerprint density at radius 3 is 2.59 bits per heavy atom.